The highest BCUT2D eigenvalue weighted by Crippen LogP contribution is 2.40. The number of hydrogen-bond donors (Lipinski definition) is 4. The van der Waals surface area contributed by atoms with Gasteiger partial charge in [0.1, 0.15) is 10.8 Å². The number of aromatic amines is 1. The van der Waals surface area contributed by atoms with Crippen molar-refractivity contribution in [2.75, 3.05) is 17.7 Å². The molecule has 2 aromatic heterocycles. The van der Waals surface area contributed by atoms with E-state index in [2.05, 4.69) is 36.1 Å². The Morgan fingerprint density at radius 1 is 1.14 bits per heavy atom. The Labute approximate surface area is 206 Å². The molecule has 2 aromatic carbocycles. The number of nitrogens with one attached hydrogen (secondary N) is 4. The lowest BCUT2D eigenvalue weighted by molar-refractivity contribution is 0.0963. The molecule has 0 saturated heterocycles. The molecule has 1 saturated carbocycles. The molecule has 8 nitrogen and oxygen atoms in total. The fourth-order valence-corrected chi connectivity index (χ4v) is 3.93. The van der Waals surface area contributed by atoms with E-state index >= 15 is 4.39 Å². The van der Waals surface area contributed by atoms with E-state index in [4.69, 9.17) is 11.6 Å². The quantitative estimate of drug-likeness (QED) is 0.264. The molecule has 0 bridgehead atoms. The van der Waals surface area contributed by atoms with Crippen LogP contribution in [-0.2, 0) is 0 Å². The molecule has 10 heteroatoms. The van der Waals surface area contributed by atoms with Gasteiger partial charge in [0.15, 0.2) is 11.6 Å². The molecular formula is C25H23ClFN7O. The third-order valence-corrected chi connectivity index (χ3v) is 6.13. The van der Waals surface area contributed by atoms with Crippen LogP contribution < -0.4 is 16.0 Å². The van der Waals surface area contributed by atoms with Crippen molar-refractivity contribution >= 4 is 40.8 Å². The highest BCUT2D eigenvalue weighted by atomic mass is 35.5. The number of H-pyrrole nitrogens is 1. The highest BCUT2D eigenvalue weighted by Gasteiger charge is 2.25. The van der Waals surface area contributed by atoms with E-state index in [9.17, 15) is 4.79 Å². The van der Waals surface area contributed by atoms with Crippen LogP contribution in [0.15, 0.2) is 48.7 Å². The van der Waals surface area contributed by atoms with Crippen molar-refractivity contribution in [1.29, 1.82) is 0 Å². The number of aryl methyl sites for hydroxylation is 1. The second kappa shape index (κ2) is 9.34. The molecular weight excluding hydrogens is 469 g/mol. The van der Waals surface area contributed by atoms with Gasteiger partial charge in [0.25, 0.3) is 5.91 Å². The average Bonchev–Trinajstić information content (AvgIpc) is 3.61. The molecule has 1 aliphatic carbocycles. The molecule has 5 rings (SSSR count). The summed E-state index contributed by atoms with van der Waals surface area (Å²) in [6.07, 6.45) is 3.77. The molecule has 178 valence electrons. The largest absolute Gasteiger partial charge is 0.355 e. The number of nitrogens with zero attached hydrogens (tertiary/aromatic N) is 3. The van der Waals surface area contributed by atoms with E-state index in [1.54, 1.807) is 37.4 Å². The monoisotopic (exact) mass is 491 g/mol. The smallest absolute Gasteiger partial charge is 0.251 e. The first-order chi connectivity index (χ1) is 16.9. The van der Waals surface area contributed by atoms with Gasteiger partial charge in [-0.3, -0.25) is 9.89 Å². The topological polar surface area (TPSA) is 108 Å². The summed E-state index contributed by atoms with van der Waals surface area (Å²) in [5, 5.41) is 16.2. The van der Waals surface area contributed by atoms with Crippen LogP contribution in [0.4, 0.5) is 27.7 Å². The van der Waals surface area contributed by atoms with Gasteiger partial charge in [-0.1, -0.05) is 23.7 Å². The molecule has 0 spiro atoms. The zero-order valence-electron chi connectivity index (χ0n) is 19.1. The van der Waals surface area contributed by atoms with Crippen molar-refractivity contribution in [2.45, 2.75) is 25.7 Å². The van der Waals surface area contributed by atoms with Gasteiger partial charge in [0, 0.05) is 30.3 Å². The lowest BCUT2D eigenvalue weighted by Crippen LogP contribution is -2.17. The maximum absolute atomic E-state index is 15.0. The van der Waals surface area contributed by atoms with Crippen LogP contribution in [0.5, 0.6) is 0 Å². The SMILES string of the molecule is CNC(=O)c1ccc(-c2cc(F)c(Nc3ncc(Cl)c(Nc4cc(C5CC5)[nH]n4)n3)cc2C)cc1. The van der Waals surface area contributed by atoms with Gasteiger partial charge in [-0.05, 0) is 60.7 Å². The molecule has 2 heterocycles. The van der Waals surface area contributed by atoms with Crippen LogP contribution in [0.2, 0.25) is 5.02 Å². The normalized spacial score (nSPS) is 12.9. The van der Waals surface area contributed by atoms with Crippen molar-refractivity contribution in [3.8, 4) is 11.1 Å². The van der Waals surface area contributed by atoms with Crippen LogP contribution in [0.25, 0.3) is 11.1 Å². The predicted octanol–water partition coefficient (Wildman–Crippen LogP) is 5.69. The maximum Gasteiger partial charge on any atom is 0.251 e. The molecule has 1 fully saturated rings. The van der Waals surface area contributed by atoms with Crippen molar-refractivity contribution in [1.82, 2.24) is 25.5 Å². The lowest BCUT2D eigenvalue weighted by Gasteiger charge is -2.13. The van der Waals surface area contributed by atoms with Gasteiger partial charge in [-0.25, -0.2) is 9.37 Å². The molecule has 1 aliphatic rings. The summed E-state index contributed by atoms with van der Waals surface area (Å²) in [4.78, 5) is 20.3. The second-order valence-electron chi connectivity index (χ2n) is 8.43. The number of rotatable bonds is 7. The average molecular weight is 492 g/mol. The van der Waals surface area contributed by atoms with Crippen LogP contribution in [0.1, 0.15) is 40.4 Å². The Balaban J connectivity index is 1.35. The number of anilines is 4. The Hall–Kier alpha value is -3.98. The lowest BCUT2D eigenvalue weighted by atomic mass is 9.98. The van der Waals surface area contributed by atoms with Gasteiger partial charge >= 0.3 is 0 Å². The molecule has 35 heavy (non-hydrogen) atoms. The minimum Gasteiger partial charge on any atom is -0.355 e. The van der Waals surface area contributed by atoms with Gasteiger partial charge in [0.05, 0.1) is 11.9 Å². The Morgan fingerprint density at radius 3 is 2.63 bits per heavy atom. The zero-order valence-corrected chi connectivity index (χ0v) is 19.9. The standard InChI is InChI=1S/C25H23ClFN7O/c1-13-9-21(19(27)10-17(13)14-3-7-16(8-4-14)24(35)28-2)30-25-29-12-18(26)23(32-25)31-22-11-20(33-34-22)15-5-6-15/h3-4,7-12,15H,5-6H2,1-2H3,(H,28,35)(H3,29,30,31,32,33,34). The summed E-state index contributed by atoms with van der Waals surface area (Å²) in [6.45, 7) is 1.89. The number of carbonyl (C=O) groups excluding carboxylic acids is 1. The first-order valence-electron chi connectivity index (χ1n) is 11.2. The van der Waals surface area contributed by atoms with Gasteiger partial charge in [-0.2, -0.15) is 10.1 Å². The summed E-state index contributed by atoms with van der Waals surface area (Å²) in [5.74, 6) is 1.06. The van der Waals surface area contributed by atoms with Gasteiger partial charge < -0.3 is 16.0 Å². The number of hydrogen-bond acceptors (Lipinski definition) is 6. The van der Waals surface area contributed by atoms with Crippen molar-refractivity contribution in [2.24, 2.45) is 0 Å². The highest BCUT2D eigenvalue weighted by molar-refractivity contribution is 6.32. The fourth-order valence-electron chi connectivity index (χ4n) is 3.79. The van der Waals surface area contributed by atoms with Crippen molar-refractivity contribution < 1.29 is 9.18 Å². The van der Waals surface area contributed by atoms with Crippen LogP contribution in [-0.4, -0.2) is 33.1 Å². The van der Waals surface area contributed by atoms with Crippen LogP contribution in [0.3, 0.4) is 0 Å². The van der Waals surface area contributed by atoms with Gasteiger partial charge in [0.2, 0.25) is 5.95 Å². The minimum atomic E-state index is -0.463. The molecule has 0 aliphatic heterocycles. The molecule has 4 N–H and O–H groups in total. The minimum absolute atomic E-state index is 0.175. The van der Waals surface area contributed by atoms with E-state index in [0.717, 1.165) is 35.2 Å². The third-order valence-electron chi connectivity index (χ3n) is 5.85. The van der Waals surface area contributed by atoms with Crippen LogP contribution in [0, 0.1) is 12.7 Å². The number of benzene rings is 2. The van der Waals surface area contributed by atoms with E-state index in [0.29, 0.717) is 28.1 Å². The first-order valence-corrected chi connectivity index (χ1v) is 11.5. The summed E-state index contributed by atoms with van der Waals surface area (Å²) in [5.41, 5.74) is 4.23. The number of amides is 1. The Kier molecular flexibility index (Phi) is 6.08. The number of aromatic nitrogens is 4. The summed E-state index contributed by atoms with van der Waals surface area (Å²) in [7, 11) is 1.58. The fraction of sp³-hybridized carbons (Fsp3) is 0.200. The maximum atomic E-state index is 15.0. The summed E-state index contributed by atoms with van der Waals surface area (Å²) in [6, 6.07) is 12.1. The van der Waals surface area contributed by atoms with E-state index in [1.165, 1.54) is 12.3 Å². The molecule has 0 atom stereocenters. The Morgan fingerprint density at radius 2 is 1.91 bits per heavy atom. The van der Waals surface area contributed by atoms with Gasteiger partial charge in [-0.15, -0.1) is 0 Å². The predicted molar refractivity (Wildman–Crippen MR) is 134 cm³/mol. The van der Waals surface area contributed by atoms with Crippen molar-refractivity contribution in [3.05, 3.63) is 76.3 Å². The van der Waals surface area contributed by atoms with Crippen molar-refractivity contribution in [3.63, 3.8) is 0 Å². The first kappa shape index (κ1) is 22.8. The van der Waals surface area contributed by atoms with E-state index in [-0.39, 0.29) is 17.5 Å². The molecule has 1 amide bonds. The third kappa shape index (κ3) is 4.95. The van der Waals surface area contributed by atoms with E-state index < -0.39 is 5.82 Å². The zero-order chi connectivity index (χ0) is 24.5. The summed E-state index contributed by atoms with van der Waals surface area (Å²) < 4.78 is 15.0. The Bertz CT molecular complexity index is 1400. The summed E-state index contributed by atoms with van der Waals surface area (Å²) >= 11 is 6.26. The number of carbonyl (C=O) groups is 1. The molecule has 4 aromatic rings. The number of halogens is 2. The van der Waals surface area contributed by atoms with E-state index in [1.807, 2.05) is 13.0 Å². The second-order valence-corrected chi connectivity index (χ2v) is 8.83. The molecule has 0 radical (unpaired) electrons. The molecule has 0 unspecified atom stereocenters. The van der Waals surface area contributed by atoms with Crippen LogP contribution >= 0.6 is 11.6 Å².